The first-order chi connectivity index (χ1) is 8.27. The monoisotopic (exact) mass is 234 g/mol. The van der Waals surface area contributed by atoms with Gasteiger partial charge in [-0.3, -0.25) is 0 Å². The number of rotatable bonds is 8. The molecule has 2 heteroatoms. The molecule has 1 rings (SSSR count). The summed E-state index contributed by atoms with van der Waals surface area (Å²) in [5, 5.41) is 0. The van der Waals surface area contributed by atoms with Crippen LogP contribution in [0.2, 0.25) is 0 Å². The topological polar surface area (TPSA) is 29.3 Å². The Bertz CT molecular complexity index is 284. The molecule has 1 aromatic carbocycles. The normalized spacial score (nSPS) is 12.9. The second-order valence-electron chi connectivity index (χ2n) is 4.81. The minimum absolute atomic E-state index is 0.461. The van der Waals surface area contributed by atoms with E-state index in [4.69, 9.17) is 5.73 Å². The Kier molecular flexibility index (Phi) is 6.90. The Morgan fingerprint density at radius 2 is 1.88 bits per heavy atom. The molecule has 96 valence electrons. The molecule has 0 aliphatic heterocycles. The SMILES string of the molecule is CCCCCN(C)CC(CN)c1ccccc1. The van der Waals surface area contributed by atoms with E-state index in [2.05, 4.69) is 49.2 Å². The van der Waals surface area contributed by atoms with Crippen LogP contribution in [0.15, 0.2) is 30.3 Å². The van der Waals surface area contributed by atoms with Crippen molar-refractivity contribution in [2.24, 2.45) is 5.73 Å². The molecule has 0 aromatic heterocycles. The third-order valence-electron chi connectivity index (χ3n) is 3.23. The minimum atomic E-state index is 0.461. The van der Waals surface area contributed by atoms with Gasteiger partial charge in [0.25, 0.3) is 0 Å². The zero-order chi connectivity index (χ0) is 12.5. The van der Waals surface area contributed by atoms with Gasteiger partial charge in [-0.05, 0) is 25.6 Å². The maximum Gasteiger partial charge on any atom is 0.00887 e. The van der Waals surface area contributed by atoms with Crippen molar-refractivity contribution < 1.29 is 0 Å². The molecule has 0 amide bonds. The standard InChI is InChI=1S/C15H26N2/c1-3-4-8-11-17(2)13-15(12-16)14-9-6-5-7-10-14/h5-7,9-10,15H,3-4,8,11-13,16H2,1-2H3. The Morgan fingerprint density at radius 3 is 2.47 bits per heavy atom. The largest absolute Gasteiger partial charge is 0.330 e. The number of hydrogen-bond acceptors (Lipinski definition) is 2. The van der Waals surface area contributed by atoms with Crippen molar-refractivity contribution in [3.05, 3.63) is 35.9 Å². The molecule has 0 aliphatic rings. The van der Waals surface area contributed by atoms with Crippen LogP contribution in [-0.4, -0.2) is 31.6 Å². The lowest BCUT2D eigenvalue weighted by Gasteiger charge is -2.23. The molecule has 0 fully saturated rings. The van der Waals surface area contributed by atoms with Gasteiger partial charge in [0, 0.05) is 19.0 Å². The van der Waals surface area contributed by atoms with Crippen molar-refractivity contribution >= 4 is 0 Å². The van der Waals surface area contributed by atoms with Crippen LogP contribution in [0.1, 0.15) is 37.7 Å². The predicted molar refractivity (Wildman–Crippen MR) is 75.3 cm³/mol. The van der Waals surface area contributed by atoms with Gasteiger partial charge in [0.15, 0.2) is 0 Å². The highest BCUT2D eigenvalue weighted by Crippen LogP contribution is 2.15. The average molecular weight is 234 g/mol. The van der Waals surface area contributed by atoms with Gasteiger partial charge in [0.1, 0.15) is 0 Å². The molecule has 0 aliphatic carbocycles. The molecule has 0 spiro atoms. The van der Waals surface area contributed by atoms with E-state index in [0.717, 1.165) is 13.1 Å². The fourth-order valence-electron chi connectivity index (χ4n) is 2.14. The van der Waals surface area contributed by atoms with Crippen molar-refractivity contribution in [2.45, 2.75) is 32.1 Å². The molecule has 0 saturated heterocycles. The van der Waals surface area contributed by atoms with Crippen LogP contribution in [0.25, 0.3) is 0 Å². The van der Waals surface area contributed by atoms with Crippen molar-refractivity contribution in [3.8, 4) is 0 Å². The van der Waals surface area contributed by atoms with Crippen molar-refractivity contribution in [3.63, 3.8) is 0 Å². The second-order valence-corrected chi connectivity index (χ2v) is 4.81. The first-order valence-corrected chi connectivity index (χ1v) is 6.71. The van der Waals surface area contributed by atoms with Gasteiger partial charge < -0.3 is 10.6 Å². The molecule has 0 heterocycles. The van der Waals surface area contributed by atoms with Gasteiger partial charge in [-0.1, -0.05) is 50.1 Å². The van der Waals surface area contributed by atoms with Crippen LogP contribution >= 0.6 is 0 Å². The zero-order valence-electron chi connectivity index (χ0n) is 11.2. The van der Waals surface area contributed by atoms with Crippen LogP contribution in [0.5, 0.6) is 0 Å². The van der Waals surface area contributed by atoms with Crippen LogP contribution in [-0.2, 0) is 0 Å². The van der Waals surface area contributed by atoms with E-state index in [1.807, 2.05) is 0 Å². The Hall–Kier alpha value is -0.860. The van der Waals surface area contributed by atoms with Crippen LogP contribution in [0.3, 0.4) is 0 Å². The predicted octanol–water partition coefficient (Wildman–Crippen LogP) is 2.85. The lowest BCUT2D eigenvalue weighted by Crippen LogP contribution is -2.29. The molecule has 1 unspecified atom stereocenters. The summed E-state index contributed by atoms with van der Waals surface area (Å²) in [4.78, 5) is 2.40. The molecule has 2 N–H and O–H groups in total. The van der Waals surface area contributed by atoms with Crippen LogP contribution in [0.4, 0.5) is 0 Å². The first-order valence-electron chi connectivity index (χ1n) is 6.71. The van der Waals surface area contributed by atoms with Gasteiger partial charge in [-0.25, -0.2) is 0 Å². The fraction of sp³-hybridized carbons (Fsp3) is 0.600. The van der Waals surface area contributed by atoms with E-state index in [1.165, 1.54) is 31.4 Å². The number of likely N-dealkylation sites (N-methyl/N-ethyl adjacent to an activating group) is 1. The fourth-order valence-corrected chi connectivity index (χ4v) is 2.14. The second kappa shape index (κ2) is 8.26. The van der Waals surface area contributed by atoms with E-state index >= 15 is 0 Å². The van der Waals surface area contributed by atoms with Gasteiger partial charge in [0.2, 0.25) is 0 Å². The minimum Gasteiger partial charge on any atom is -0.330 e. The molecule has 2 nitrogen and oxygen atoms in total. The molecule has 1 atom stereocenters. The van der Waals surface area contributed by atoms with Crippen molar-refractivity contribution in [1.82, 2.24) is 4.90 Å². The molecule has 1 aromatic rings. The quantitative estimate of drug-likeness (QED) is 0.701. The summed E-state index contributed by atoms with van der Waals surface area (Å²) in [7, 11) is 2.20. The summed E-state index contributed by atoms with van der Waals surface area (Å²) in [5.74, 6) is 0.461. The smallest absolute Gasteiger partial charge is 0.00887 e. The summed E-state index contributed by atoms with van der Waals surface area (Å²) in [6.45, 7) is 5.20. The van der Waals surface area contributed by atoms with Gasteiger partial charge in [-0.2, -0.15) is 0 Å². The Morgan fingerprint density at radius 1 is 1.18 bits per heavy atom. The number of unbranched alkanes of at least 4 members (excludes halogenated alkanes) is 2. The van der Waals surface area contributed by atoms with E-state index < -0.39 is 0 Å². The Balaban J connectivity index is 2.41. The van der Waals surface area contributed by atoms with Crippen LogP contribution in [0, 0.1) is 0 Å². The summed E-state index contributed by atoms with van der Waals surface area (Å²) >= 11 is 0. The zero-order valence-corrected chi connectivity index (χ0v) is 11.2. The van der Waals surface area contributed by atoms with Gasteiger partial charge >= 0.3 is 0 Å². The first kappa shape index (κ1) is 14.2. The average Bonchev–Trinajstić information content (AvgIpc) is 2.37. The summed E-state index contributed by atoms with van der Waals surface area (Å²) in [5.41, 5.74) is 7.24. The van der Waals surface area contributed by atoms with Crippen molar-refractivity contribution in [2.75, 3.05) is 26.7 Å². The highest BCUT2D eigenvalue weighted by atomic mass is 15.1. The van der Waals surface area contributed by atoms with Gasteiger partial charge in [-0.15, -0.1) is 0 Å². The lowest BCUT2D eigenvalue weighted by atomic mass is 9.99. The van der Waals surface area contributed by atoms with Crippen molar-refractivity contribution in [1.29, 1.82) is 0 Å². The summed E-state index contributed by atoms with van der Waals surface area (Å²) in [6.07, 6.45) is 3.90. The maximum absolute atomic E-state index is 5.88. The van der Waals surface area contributed by atoms with E-state index in [-0.39, 0.29) is 0 Å². The summed E-state index contributed by atoms with van der Waals surface area (Å²) in [6, 6.07) is 10.6. The number of nitrogens with two attached hydrogens (primary N) is 1. The highest BCUT2D eigenvalue weighted by Gasteiger charge is 2.11. The maximum atomic E-state index is 5.88. The molecular weight excluding hydrogens is 208 g/mol. The lowest BCUT2D eigenvalue weighted by molar-refractivity contribution is 0.305. The van der Waals surface area contributed by atoms with Gasteiger partial charge in [0.05, 0.1) is 0 Å². The highest BCUT2D eigenvalue weighted by molar-refractivity contribution is 5.20. The summed E-state index contributed by atoms with van der Waals surface area (Å²) < 4.78 is 0. The van der Waals surface area contributed by atoms with Crippen LogP contribution < -0.4 is 5.73 Å². The third kappa shape index (κ3) is 5.33. The molecule has 0 radical (unpaired) electrons. The molecular formula is C15H26N2. The Labute approximate surface area is 106 Å². The van der Waals surface area contributed by atoms with E-state index in [1.54, 1.807) is 0 Å². The number of benzene rings is 1. The molecule has 17 heavy (non-hydrogen) atoms. The third-order valence-corrected chi connectivity index (χ3v) is 3.23. The van der Waals surface area contributed by atoms with E-state index in [0.29, 0.717) is 5.92 Å². The number of nitrogens with zero attached hydrogens (tertiary/aromatic N) is 1. The molecule has 0 saturated carbocycles. The molecule has 0 bridgehead atoms. The van der Waals surface area contributed by atoms with E-state index in [9.17, 15) is 0 Å². The number of hydrogen-bond donors (Lipinski definition) is 1.